The topological polar surface area (TPSA) is 58.2 Å². The second-order valence-corrected chi connectivity index (χ2v) is 6.19. The largest absolute Gasteiger partial charge is 0.493 e. The Labute approximate surface area is 161 Å². The lowest BCUT2D eigenvalue weighted by molar-refractivity contribution is -0.493. The molecule has 0 spiro atoms. The number of H-pyrrole nitrogens is 1. The summed E-state index contributed by atoms with van der Waals surface area (Å²) < 4.78 is 20.8. The molecule has 2 N–H and O–H groups in total. The average Bonchev–Trinajstić information content (AvgIpc) is 3.08. The number of halogens is 1. The number of para-hydroxylation sites is 1. The molecule has 0 radical (unpaired) electrons. The van der Waals surface area contributed by atoms with Crippen LogP contribution >= 0.6 is 0 Å². The zero-order valence-electron chi connectivity index (χ0n) is 15.3. The van der Waals surface area contributed by atoms with Crippen LogP contribution in [-0.2, 0) is 0 Å². The molecule has 0 bridgehead atoms. The molecule has 0 saturated heterocycles. The first-order valence-electron chi connectivity index (χ1n) is 8.99. The minimum Gasteiger partial charge on any atom is -0.493 e. The summed E-state index contributed by atoms with van der Waals surface area (Å²) in [5, 5.41) is 2.98. The van der Waals surface area contributed by atoms with Crippen molar-refractivity contribution in [2.45, 2.75) is 6.92 Å². The highest BCUT2D eigenvalue weighted by atomic mass is 19.1. The fourth-order valence-electron chi connectivity index (χ4n) is 3.11. The quantitative estimate of drug-likeness (QED) is 0.513. The molecule has 1 amide bonds. The first-order valence-corrected chi connectivity index (χ1v) is 8.99. The molecule has 2 aromatic carbocycles. The van der Waals surface area contributed by atoms with Crippen LogP contribution in [0.2, 0.25) is 0 Å². The molecule has 0 saturated carbocycles. The molecule has 0 unspecified atom stereocenters. The van der Waals surface area contributed by atoms with Crippen molar-refractivity contribution in [3.05, 3.63) is 84.3 Å². The first-order chi connectivity index (χ1) is 13.7. The van der Waals surface area contributed by atoms with Crippen molar-refractivity contribution in [1.82, 2.24) is 4.98 Å². The summed E-state index contributed by atoms with van der Waals surface area (Å²) in [6.45, 7) is 2.34. The van der Waals surface area contributed by atoms with Gasteiger partial charge < -0.3 is 4.74 Å². The van der Waals surface area contributed by atoms with Crippen LogP contribution in [-0.4, -0.2) is 17.5 Å². The summed E-state index contributed by atoms with van der Waals surface area (Å²) in [6, 6.07) is 18.9. The number of carbonyl (C=O) groups is 1. The van der Waals surface area contributed by atoms with E-state index in [0.29, 0.717) is 29.4 Å². The molecule has 2 heterocycles. The Kier molecular flexibility index (Phi) is 4.76. The minimum atomic E-state index is -0.316. The number of hydrogen-bond acceptors (Lipinski definition) is 2. The number of aromatic nitrogens is 2. The lowest BCUT2D eigenvalue weighted by atomic mass is 10.1. The lowest BCUT2D eigenvalue weighted by Gasteiger charge is -2.08. The van der Waals surface area contributed by atoms with E-state index in [1.165, 1.54) is 12.1 Å². The highest BCUT2D eigenvalue weighted by Crippen LogP contribution is 2.27. The zero-order valence-corrected chi connectivity index (χ0v) is 15.3. The normalized spacial score (nSPS) is 10.8. The number of anilines is 1. The summed E-state index contributed by atoms with van der Waals surface area (Å²) in [6.07, 6.45) is 1.85. The number of nitrogens with zero attached hydrogens (tertiary/aromatic N) is 1. The summed E-state index contributed by atoms with van der Waals surface area (Å²) in [7, 11) is 0. The molecule has 6 heteroatoms. The van der Waals surface area contributed by atoms with Gasteiger partial charge in [0.25, 0.3) is 5.82 Å². The Morgan fingerprint density at radius 2 is 1.82 bits per heavy atom. The standard InChI is InChI=1S/C22H18FN3O2/c1-2-28-18-8-4-3-7-17(18)22(27)25-21-20(15-10-12-16(23)13-11-15)24-19-9-5-6-14-26(19)21/h3-14H,2H2,1H3,(H,25,27)/p+1. The third kappa shape index (κ3) is 3.32. The molecule has 0 aliphatic heterocycles. The number of carbonyl (C=O) groups excluding carboxylic acids is 1. The molecule has 140 valence electrons. The number of nitrogens with one attached hydrogen (secondary N) is 2. The first kappa shape index (κ1) is 17.7. The van der Waals surface area contributed by atoms with Crippen LogP contribution in [0.5, 0.6) is 5.75 Å². The summed E-state index contributed by atoms with van der Waals surface area (Å²) >= 11 is 0. The second kappa shape index (κ2) is 7.52. The van der Waals surface area contributed by atoms with Gasteiger partial charge in [0.1, 0.15) is 11.6 Å². The summed E-state index contributed by atoms with van der Waals surface area (Å²) in [5.74, 6) is 0.489. The Morgan fingerprint density at radius 3 is 2.61 bits per heavy atom. The number of aromatic amines is 1. The monoisotopic (exact) mass is 376 g/mol. The number of hydrogen-bond donors (Lipinski definition) is 2. The highest BCUT2D eigenvalue weighted by molar-refractivity contribution is 6.06. The number of amides is 1. The maximum atomic E-state index is 13.4. The van der Waals surface area contributed by atoms with Crippen LogP contribution in [0, 0.1) is 5.82 Å². The molecule has 0 aliphatic rings. The van der Waals surface area contributed by atoms with Gasteiger partial charge in [0, 0.05) is 11.6 Å². The van der Waals surface area contributed by atoms with Crippen molar-refractivity contribution in [3.63, 3.8) is 0 Å². The number of ether oxygens (including phenoxy) is 1. The van der Waals surface area contributed by atoms with Gasteiger partial charge >= 0.3 is 5.91 Å². The highest BCUT2D eigenvalue weighted by Gasteiger charge is 2.24. The van der Waals surface area contributed by atoms with Gasteiger partial charge in [-0.15, -0.1) is 0 Å². The molecule has 5 nitrogen and oxygen atoms in total. The molecule has 28 heavy (non-hydrogen) atoms. The van der Waals surface area contributed by atoms with Crippen molar-refractivity contribution in [2.24, 2.45) is 0 Å². The van der Waals surface area contributed by atoms with Crippen molar-refractivity contribution < 1.29 is 18.3 Å². The maximum absolute atomic E-state index is 13.4. The van der Waals surface area contributed by atoms with E-state index in [1.54, 1.807) is 30.3 Å². The molecule has 4 rings (SSSR count). The van der Waals surface area contributed by atoms with Crippen molar-refractivity contribution in [3.8, 4) is 17.0 Å². The van der Waals surface area contributed by atoms with E-state index >= 15 is 0 Å². The van der Waals surface area contributed by atoms with Crippen LogP contribution in [0.3, 0.4) is 0 Å². The van der Waals surface area contributed by atoms with Gasteiger partial charge in [-0.3, -0.25) is 9.78 Å². The van der Waals surface area contributed by atoms with Crippen LogP contribution in [0.15, 0.2) is 72.9 Å². The molecule has 0 atom stereocenters. The van der Waals surface area contributed by atoms with Gasteiger partial charge in [-0.1, -0.05) is 18.2 Å². The zero-order chi connectivity index (χ0) is 19.5. The van der Waals surface area contributed by atoms with Crippen molar-refractivity contribution in [2.75, 3.05) is 11.9 Å². The molecular formula is C22H19FN3O2+. The Bertz CT molecular complexity index is 1140. The minimum absolute atomic E-state index is 0.287. The van der Waals surface area contributed by atoms with Gasteiger partial charge in [-0.05, 0) is 49.4 Å². The molecule has 4 aromatic rings. The van der Waals surface area contributed by atoms with Crippen LogP contribution in [0.25, 0.3) is 16.9 Å². The molecule has 0 aliphatic carbocycles. The SMILES string of the molecule is CCOc1ccccc1C(=O)Nc1c(-c2ccc(F)cc2)[nH]c2cccc[n+]12. The third-order valence-electron chi connectivity index (χ3n) is 4.39. The van der Waals surface area contributed by atoms with E-state index < -0.39 is 0 Å². The number of fused-ring (bicyclic) bond motifs is 1. The van der Waals surface area contributed by atoms with E-state index in [2.05, 4.69) is 10.3 Å². The average molecular weight is 376 g/mol. The summed E-state index contributed by atoms with van der Waals surface area (Å²) in [5.41, 5.74) is 2.70. The van der Waals surface area contributed by atoms with Crippen molar-refractivity contribution >= 4 is 17.4 Å². The fourth-order valence-corrected chi connectivity index (χ4v) is 3.11. The predicted molar refractivity (Wildman–Crippen MR) is 105 cm³/mol. The van der Waals surface area contributed by atoms with E-state index in [0.717, 1.165) is 11.2 Å². The lowest BCUT2D eigenvalue weighted by Crippen LogP contribution is -2.27. The van der Waals surface area contributed by atoms with Gasteiger partial charge in [0.05, 0.1) is 18.4 Å². The number of imidazole rings is 1. The van der Waals surface area contributed by atoms with E-state index in [4.69, 9.17) is 4.74 Å². The molecular weight excluding hydrogens is 357 g/mol. The van der Waals surface area contributed by atoms with E-state index in [9.17, 15) is 9.18 Å². The van der Waals surface area contributed by atoms with Gasteiger partial charge in [-0.2, -0.15) is 0 Å². The number of benzene rings is 2. The molecule has 2 aromatic heterocycles. The van der Waals surface area contributed by atoms with Gasteiger partial charge in [0.15, 0.2) is 5.69 Å². The van der Waals surface area contributed by atoms with Gasteiger partial charge in [-0.25, -0.2) is 14.1 Å². The van der Waals surface area contributed by atoms with E-state index in [1.807, 2.05) is 41.8 Å². The Balaban J connectivity index is 1.79. The van der Waals surface area contributed by atoms with Crippen molar-refractivity contribution in [1.29, 1.82) is 0 Å². The number of pyridine rings is 1. The smallest absolute Gasteiger partial charge is 0.315 e. The van der Waals surface area contributed by atoms with Gasteiger partial charge in [0.2, 0.25) is 5.65 Å². The number of rotatable bonds is 5. The van der Waals surface area contributed by atoms with Crippen LogP contribution < -0.4 is 14.5 Å². The Morgan fingerprint density at radius 1 is 1.07 bits per heavy atom. The second-order valence-electron chi connectivity index (χ2n) is 6.19. The predicted octanol–water partition coefficient (Wildman–Crippen LogP) is 4.21. The van der Waals surface area contributed by atoms with E-state index in [-0.39, 0.29) is 11.7 Å². The molecule has 0 fully saturated rings. The Hall–Kier alpha value is -3.67. The van der Waals surface area contributed by atoms with Crippen LogP contribution in [0.1, 0.15) is 17.3 Å². The van der Waals surface area contributed by atoms with Crippen LogP contribution in [0.4, 0.5) is 10.2 Å². The summed E-state index contributed by atoms with van der Waals surface area (Å²) in [4.78, 5) is 16.3. The maximum Gasteiger partial charge on any atom is 0.315 e. The fraction of sp³-hybridized carbons (Fsp3) is 0.0909. The third-order valence-corrected chi connectivity index (χ3v) is 4.39.